The molecule has 0 saturated carbocycles. The van der Waals surface area contributed by atoms with Gasteiger partial charge in [0.25, 0.3) is 11.5 Å². The van der Waals surface area contributed by atoms with Gasteiger partial charge in [-0.1, -0.05) is 96.8 Å². The normalized spacial score (nSPS) is 19.4. The number of esters is 1. The molecule has 0 aromatic carbocycles. The third-order valence-electron chi connectivity index (χ3n) is 8.87. The number of ether oxygens (including phenoxy) is 3. The molecule has 1 saturated heterocycles. The number of aromatic nitrogens is 2. The van der Waals surface area contributed by atoms with Gasteiger partial charge in [0, 0.05) is 36.4 Å². The second-order valence-electron chi connectivity index (χ2n) is 13.6. The Morgan fingerprint density at radius 2 is 1.50 bits per heavy atom. The highest BCUT2D eigenvalue weighted by Gasteiger charge is 2.51. The van der Waals surface area contributed by atoms with Crippen molar-refractivity contribution in [1.29, 1.82) is 0 Å². The minimum absolute atomic E-state index is 0.192. The molecule has 14 nitrogen and oxygen atoms in total. The fourth-order valence-electron chi connectivity index (χ4n) is 6.00. The van der Waals surface area contributed by atoms with Gasteiger partial charge in [0.05, 0.1) is 6.61 Å². The molecule has 1 fully saturated rings. The van der Waals surface area contributed by atoms with E-state index >= 15 is 0 Å². The molecule has 5 atom stereocenters. The summed E-state index contributed by atoms with van der Waals surface area (Å²) in [6, 6.07) is 1.13. The number of nitrogens with one attached hydrogen (secondary N) is 2. The second kappa shape index (κ2) is 24.7. The van der Waals surface area contributed by atoms with Crippen LogP contribution in [0.3, 0.4) is 0 Å². The van der Waals surface area contributed by atoms with E-state index in [4.69, 9.17) is 18.7 Å². The first-order chi connectivity index (χ1) is 24.0. The predicted octanol–water partition coefficient (Wildman–Crippen LogP) is 5.33. The van der Waals surface area contributed by atoms with E-state index in [0.717, 1.165) is 42.7 Å². The summed E-state index contributed by atoms with van der Waals surface area (Å²) in [7, 11) is -3.06. The van der Waals surface area contributed by atoms with Crippen LogP contribution >= 0.6 is 8.25 Å². The summed E-state index contributed by atoms with van der Waals surface area (Å²) in [6.45, 7) is 5.47. The summed E-state index contributed by atoms with van der Waals surface area (Å²) >= 11 is 0. The minimum atomic E-state index is -3.06. The van der Waals surface area contributed by atoms with Crippen molar-refractivity contribution in [2.24, 2.45) is 0 Å². The molecule has 0 aliphatic carbocycles. The van der Waals surface area contributed by atoms with E-state index in [9.17, 15) is 33.7 Å². The maximum Gasteiger partial charge on any atom is 0.695 e. The van der Waals surface area contributed by atoms with Crippen LogP contribution in [0, 0.1) is 0 Å². The quantitative estimate of drug-likeness (QED) is 0.0495. The van der Waals surface area contributed by atoms with Crippen LogP contribution in [0.5, 0.6) is 0 Å². The molecule has 1 aliphatic heterocycles. The number of amides is 1. The molecule has 1 amide bonds. The molecule has 1 aromatic rings. The van der Waals surface area contributed by atoms with Crippen LogP contribution in [-0.4, -0.2) is 75.1 Å². The molecule has 1 aliphatic rings. The van der Waals surface area contributed by atoms with Gasteiger partial charge in [-0.05, 0) is 33.1 Å². The van der Waals surface area contributed by atoms with E-state index in [-0.39, 0.29) is 18.5 Å². The highest BCUT2D eigenvalue weighted by atomic mass is 31.1. The Hall–Kier alpha value is -2.48. The highest BCUT2D eigenvalue weighted by molar-refractivity contribution is 7.32. The van der Waals surface area contributed by atoms with Crippen molar-refractivity contribution in [3.63, 3.8) is 0 Å². The number of hydrogen-bond acceptors (Lipinski definition) is 10. The van der Waals surface area contributed by atoms with Crippen LogP contribution in [0.1, 0.15) is 143 Å². The van der Waals surface area contributed by atoms with Crippen LogP contribution in [0.2, 0.25) is 0 Å². The van der Waals surface area contributed by atoms with Crippen molar-refractivity contribution < 1.29 is 42.9 Å². The Labute approximate surface area is 297 Å². The number of nitrogens with zero attached hydrogens (tertiary/aromatic N) is 1. The Balaban J connectivity index is 1.60. The molecule has 3 unspecified atom stereocenters. The topological polar surface area (TPSA) is 195 Å². The largest absolute Gasteiger partial charge is 0.695 e. The number of aliphatic hydroxyl groups is 1. The fraction of sp³-hybridized carbons (Fsp3) is 0.829. The van der Waals surface area contributed by atoms with Gasteiger partial charge in [-0.3, -0.25) is 23.9 Å². The van der Waals surface area contributed by atoms with Crippen molar-refractivity contribution in [3.05, 3.63) is 33.1 Å². The summed E-state index contributed by atoms with van der Waals surface area (Å²) in [5, 5.41) is 12.6. The molecule has 2 rings (SSSR count). The van der Waals surface area contributed by atoms with Crippen LogP contribution in [0.25, 0.3) is 0 Å². The molecule has 4 N–H and O–H groups in total. The molecule has 15 heteroatoms. The van der Waals surface area contributed by atoms with Crippen LogP contribution in [0.4, 0.5) is 0 Å². The van der Waals surface area contributed by atoms with Crippen molar-refractivity contribution in [1.82, 2.24) is 14.9 Å². The maximum atomic E-state index is 12.7. The molecular weight excluding hydrogens is 669 g/mol. The van der Waals surface area contributed by atoms with Crippen molar-refractivity contribution in [2.75, 3.05) is 19.8 Å². The van der Waals surface area contributed by atoms with Gasteiger partial charge in [0.1, 0.15) is 12.2 Å². The average Bonchev–Trinajstić information content (AvgIpc) is 3.39. The molecule has 2 heterocycles. The van der Waals surface area contributed by atoms with E-state index in [1.807, 2.05) is 0 Å². The maximum absolute atomic E-state index is 12.7. The number of H-pyrrole nitrogens is 1. The second-order valence-corrected chi connectivity index (χ2v) is 14.2. The first-order valence-corrected chi connectivity index (χ1v) is 19.7. The zero-order chi connectivity index (χ0) is 36.8. The smallest absolute Gasteiger partial charge is 0.450 e. The number of carbonyl (C=O) groups excluding carboxylic acids is 2. The molecule has 0 bridgehead atoms. The molecule has 286 valence electrons. The Morgan fingerprint density at radius 1 is 0.920 bits per heavy atom. The number of aliphatic hydroxyl groups excluding tert-OH is 1. The first-order valence-electron chi connectivity index (χ1n) is 18.5. The highest BCUT2D eigenvalue weighted by Crippen LogP contribution is 2.37. The lowest BCUT2D eigenvalue weighted by Crippen LogP contribution is -2.45. The summed E-state index contributed by atoms with van der Waals surface area (Å²) < 4.78 is 34.7. The van der Waals surface area contributed by atoms with E-state index in [2.05, 4.69) is 17.2 Å². The van der Waals surface area contributed by atoms with Gasteiger partial charge >= 0.3 is 19.9 Å². The molecular formula is C35H61N3O11P+. The molecule has 0 spiro atoms. The number of carbonyl (C=O) groups is 2. The Kier molecular flexibility index (Phi) is 21.5. The zero-order valence-electron chi connectivity index (χ0n) is 30.3. The number of unbranched alkanes of at least 4 members (excludes halogenated alkanes) is 15. The van der Waals surface area contributed by atoms with Crippen molar-refractivity contribution in [3.8, 4) is 0 Å². The summed E-state index contributed by atoms with van der Waals surface area (Å²) in [5.41, 5.74) is -2.64. The lowest BCUT2D eigenvalue weighted by Gasteiger charge is -2.24. The monoisotopic (exact) mass is 730 g/mol. The average molecular weight is 731 g/mol. The predicted molar refractivity (Wildman–Crippen MR) is 189 cm³/mol. The molecule has 50 heavy (non-hydrogen) atoms. The van der Waals surface area contributed by atoms with Crippen molar-refractivity contribution >= 4 is 20.1 Å². The van der Waals surface area contributed by atoms with E-state index in [0.29, 0.717) is 25.8 Å². The standard InChI is InChI=1S/C35H60N3O11P/c1-4-5-6-7-8-9-10-11-12-13-14-15-18-21-29(41)48-35(2,3)33(42)36-23-19-16-17-20-25-46-31-30(49-50(44)45)27(26-39)47-32(31)38-24-22-28(40)37-34(38)43/h22,24,27,30-32,39H,4-21,23,25-26H2,1-3H3,(H2-,36,37,40,42,43,44,45)/p+1/t27-,30?,31?,32-/m1/s1. The third kappa shape index (κ3) is 16.7. The van der Waals surface area contributed by atoms with Gasteiger partial charge in [-0.2, -0.15) is 0 Å². The summed E-state index contributed by atoms with van der Waals surface area (Å²) in [6.07, 6.45) is 15.9. The SMILES string of the molecule is CCCCCCCCCCCCCCCC(=O)OC(C)(C)C(=O)NCCCCCCOC1C(O[P+](=O)O)[C@@H](CO)O[C@H]1n1ccc(=O)[nH]c1=O. The first kappa shape index (κ1) is 43.7. The Bertz CT molecular complexity index is 1250. The van der Waals surface area contributed by atoms with Gasteiger partial charge in [-0.25, -0.2) is 4.79 Å². The fourth-order valence-corrected chi connectivity index (χ4v) is 6.46. The molecule has 1 aromatic heterocycles. The Morgan fingerprint density at radius 3 is 2.08 bits per heavy atom. The van der Waals surface area contributed by atoms with Crippen LogP contribution in [-0.2, 0) is 32.9 Å². The summed E-state index contributed by atoms with van der Waals surface area (Å²) in [5.74, 6) is -0.714. The number of aromatic amines is 1. The van der Waals surface area contributed by atoms with Gasteiger partial charge < -0.3 is 24.6 Å². The van der Waals surface area contributed by atoms with Gasteiger partial charge in [0.15, 0.2) is 17.9 Å². The van der Waals surface area contributed by atoms with E-state index < -0.39 is 56.3 Å². The van der Waals surface area contributed by atoms with Gasteiger partial charge in [0.2, 0.25) is 0 Å². The lowest BCUT2D eigenvalue weighted by atomic mass is 10.0. The minimum Gasteiger partial charge on any atom is -0.450 e. The number of hydrogen-bond donors (Lipinski definition) is 4. The van der Waals surface area contributed by atoms with Crippen LogP contribution in [0.15, 0.2) is 21.9 Å². The third-order valence-corrected chi connectivity index (χ3v) is 9.29. The lowest BCUT2D eigenvalue weighted by molar-refractivity contribution is -0.165. The summed E-state index contributed by atoms with van der Waals surface area (Å²) in [4.78, 5) is 60.4. The van der Waals surface area contributed by atoms with E-state index in [1.54, 1.807) is 13.8 Å². The van der Waals surface area contributed by atoms with Crippen molar-refractivity contribution in [2.45, 2.75) is 166 Å². The number of rotatable bonds is 28. The van der Waals surface area contributed by atoms with E-state index in [1.165, 1.54) is 70.4 Å². The molecule has 0 radical (unpaired) electrons. The van der Waals surface area contributed by atoms with Crippen LogP contribution < -0.4 is 16.6 Å². The zero-order valence-corrected chi connectivity index (χ0v) is 31.2. The van der Waals surface area contributed by atoms with Gasteiger partial charge in [-0.15, -0.1) is 9.42 Å².